The molecule has 13 heavy (non-hydrogen) atoms. The van der Waals surface area contributed by atoms with Crippen LogP contribution in [0, 0.1) is 5.92 Å². The van der Waals surface area contributed by atoms with Crippen molar-refractivity contribution in [1.29, 1.82) is 0 Å². The third-order valence-corrected chi connectivity index (χ3v) is 1.75. The summed E-state index contributed by atoms with van der Waals surface area (Å²) in [5, 5.41) is 15.5. The normalized spacial score (nSPS) is 10.9. The monoisotopic (exact) mass is 190 g/mol. The van der Waals surface area contributed by atoms with Gasteiger partial charge in [0.15, 0.2) is 0 Å². The van der Waals surface area contributed by atoms with Gasteiger partial charge in [0.05, 0.1) is 5.92 Å². The van der Waals surface area contributed by atoms with E-state index in [1.165, 1.54) is 0 Å². The third-order valence-electron chi connectivity index (χ3n) is 1.75. The molecule has 1 atom stereocenters. The summed E-state index contributed by atoms with van der Waals surface area (Å²) in [6.07, 6.45) is 3.71. The Morgan fingerprint density at radius 3 is 2.15 bits per heavy atom. The first kappa shape index (κ1) is 14.5. The van der Waals surface area contributed by atoms with E-state index in [-0.39, 0.29) is 12.4 Å². The molecular weight excluding hydrogens is 172 g/mol. The van der Waals surface area contributed by atoms with Crippen LogP contribution < -0.4 is 0 Å². The predicted octanol–water partition coefficient (Wildman–Crippen LogP) is 1.99. The highest BCUT2D eigenvalue weighted by Gasteiger charge is 2.12. The second-order valence-electron chi connectivity index (χ2n) is 2.69. The Labute approximate surface area is 78.6 Å². The molecule has 4 heteroatoms. The van der Waals surface area contributed by atoms with Gasteiger partial charge in [0, 0.05) is 0 Å². The summed E-state index contributed by atoms with van der Waals surface area (Å²) < 4.78 is 0. The lowest BCUT2D eigenvalue weighted by molar-refractivity contribution is -0.142. The Balaban J connectivity index is 0. The van der Waals surface area contributed by atoms with Gasteiger partial charge in [-0.15, -0.1) is 0 Å². The maximum absolute atomic E-state index is 10.4. The molecule has 0 radical (unpaired) electrons. The van der Waals surface area contributed by atoms with E-state index in [1.807, 2.05) is 6.92 Å². The molecule has 0 aromatic heterocycles. The second kappa shape index (κ2) is 10.9. The summed E-state index contributed by atoms with van der Waals surface area (Å²) in [5.74, 6) is -0.754. The molecule has 78 valence electrons. The molecule has 0 amide bonds. The van der Waals surface area contributed by atoms with Crippen molar-refractivity contribution in [3.63, 3.8) is 0 Å². The van der Waals surface area contributed by atoms with Gasteiger partial charge in [0.1, 0.15) is 0 Å². The third kappa shape index (κ3) is 10.9. The summed E-state index contributed by atoms with van der Waals surface area (Å²) in [7, 11) is 0. The van der Waals surface area contributed by atoms with E-state index in [9.17, 15) is 4.79 Å². The van der Waals surface area contributed by atoms with Crippen LogP contribution in [-0.4, -0.2) is 22.7 Å². The number of carbonyl (C=O) groups is 2. The number of hydrogen-bond donors (Lipinski definition) is 2. The molecule has 0 aromatic carbocycles. The zero-order chi connectivity index (χ0) is 10.7. The van der Waals surface area contributed by atoms with Crippen LogP contribution in [0.15, 0.2) is 0 Å². The van der Waals surface area contributed by atoms with Crippen LogP contribution in [0.25, 0.3) is 0 Å². The molecule has 0 saturated heterocycles. The lowest BCUT2D eigenvalue weighted by atomic mass is 10.00. The Hall–Kier alpha value is -1.06. The smallest absolute Gasteiger partial charge is 0.306 e. The highest BCUT2D eigenvalue weighted by atomic mass is 16.4. The van der Waals surface area contributed by atoms with Crippen LogP contribution >= 0.6 is 0 Å². The first-order chi connectivity index (χ1) is 6.13. The SMILES string of the molecule is CCCCC(CC)C(=O)O.O=CO. The summed E-state index contributed by atoms with van der Waals surface area (Å²) in [5.41, 5.74) is 0. The van der Waals surface area contributed by atoms with Crippen molar-refractivity contribution in [3.8, 4) is 0 Å². The largest absolute Gasteiger partial charge is 0.483 e. The molecule has 0 bridgehead atoms. The lowest BCUT2D eigenvalue weighted by Gasteiger charge is -2.06. The molecule has 0 aliphatic rings. The lowest BCUT2D eigenvalue weighted by Crippen LogP contribution is -2.11. The molecule has 0 fully saturated rings. The maximum Gasteiger partial charge on any atom is 0.306 e. The van der Waals surface area contributed by atoms with Gasteiger partial charge in [-0.3, -0.25) is 9.59 Å². The quantitative estimate of drug-likeness (QED) is 0.650. The van der Waals surface area contributed by atoms with Crippen molar-refractivity contribution in [3.05, 3.63) is 0 Å². The van der Waals surface area contributed by atoms with Crippen LogP contribution in [0.5, 0.6) is 0 Å². The summed E-state index contributed by atoms with van der Waals surface area (Å²) >= 11 is 0. The van der Waals surface area contributed by atoms with Crippen molar-refractivity contribution >= 4 is 12.4 Å². The van der Waals surface area contributed by atoms with Gasteiger partial charge in [0.2, 0.25) is 0 Å². The van der Waals surface area contributed by atoms with E-state index in [4.69, 9.17) is 15.0 Å². The van der Waals surface area contributed by atoms with Crippen LogP contribution in [0.1, 0.15) is 39.5 Å². The Bertz CT molecular complexity index is 134. The average Bonchev–Trinajstić information content (AvgIpc) is 2.06. The summed E-state index contributed by atoms with van der Waals surface area (Å²) in [6.45, 7) is 3.75. The van der Waals surface area contributed by atoms with Crippen LogP contribution in [0.2, 0.25) is 0 Å². The van der Waals surface area contributed by atoms with E-state index in [1.54, 1.807) is 0 Å². The van der Waals surface area contributed by atoms with Crippen LogP contribution in [0.4, 0.5) is 0 Å². The van der Waals surface area contributed by atoms with Gasteiger partial charge in [0.25, 0.3) is 6.47 Å². The van der Waals surface area contributed by atoms with Gasteiger partial charge in [-0.2, -0.15) is 0 Å². The zero-order valence-electron chi connectivity index (χ0n) is 8.19. The number of aliphatic carboxylic acids is 1. The van der Waals surface area contributed by atoms with Crippen molar-refractivity contribution in [2.75, 3.05) is 0 Å². The highest BCUT2D eigenvalue weighted by Crippen LogP contribution is 2.11. The van der Waals surface area contributed by atoms with Crippen LogP contribution in [-0.2, 0) is 9.59 Å². The molecule has 2 N–H and O–H groups in total. The number of hydrogen-bond acceptors (Lipinski definition) is 2. The minimum atomic E-state index is -0.643. The van der Waals surface area contributed by atoms with Gasteiger partial charge >= 0.3 is 5.97 Å². The fourth-order valence-corrected chi connectivity index (χ4v) is 0.953. The standard InChI is InChI=1S/C8H16O2.CH2O2/c1-3-5-6-7(4-2)8(9)10;2-1-3/h7H,3-6H2,1-2H3,(H,9,10);1H,(H,2,3). The highest BCUT2D eigenvalue weighted by molar-refractivity contribution is 5.69. The minimum Gasteiger partial charge on any atom is -0.483 e. The molecule has 0 rings (SSSR count). The van der Waals surface area contributed by atoms with Crippen molar-refractivity contribution < 1.29 is 19.8 Å². The van der Waals surface area contributed by atoms with Gasteiger partial charge in [-0.25, -0.2) is 0 Å². The number of carboxylic acids is 1. The Morgan fingerprint density at radius 2 is 1.92 bits per heavy atom. The van der Waals surface area contributed by atoms with Crippen molar-refractivity contribution in [2.45, 2.75) is 39.5 Å². The van der Waals surface area contributed by atoms with Gasteiger partial charge < -0.3 is 10.2 Å². The fraction of sp³-hybridized carbons (Fsp3) is 0.778. The summed E-state index contributed by atoms with van der Waals surface area (Å²) in [4.78, 5) is 18.8. The molecule has 0 aliphatic heterocycles. The molecule has 4 nitrogen and oxygen atoms in total. The van der Waals surface area contributed by atoms with E-state index in [0.29, 0.717) is 0 Å². The fourth-order valence-electron chi connectivity index (χ4n) is 0.953. The first-order valence-corrected chi connectivity index (χ1v) is 4.44. The van der Waals surface area contributed by atoms with Gasteiger partial charge in [-0.1, -0.05) is 26.7 Å². The average molecular weight is 190 g/mol. The molecule has 1 unspecified atom stereocenters. The Morgan fingerprint density at radius 1 is 1.46 bits per heavy atom. The van der Waals surface area contributed by atoms with Crippen molar-refractivity contribution in [2.24, 2.45) is 5.92 Å². The zero-order valence-corrected chi connectivity index (χ0v) is 8.19. The second-order valence-corrected chi connectivity index (χ2v) is 2.69. The number of rotatable bonds is 5. The Kier molecular flexibility index (Phi) is 12.2. The summed E-state index contributed by atoms with van der Waals surface area (Å²) in [6, 6.07) is 0. The molecule has 0 heterocycles. The molecular formula is C9H18O4. The molecule has 0 aliphatic carbocycles. The van der Waals surface area contributed by atoms with E-state index >= 15 is 0 Å². The molecule has 0 saturated carbocycles. The van der Waals surface area contributed by atoms with Gasteiger partial charge in [-0.05, 0) is 12.8 Å². The topological polar surface area (TPSA) is 74.6 Å². The maximum atomic E-state index is 10.4. The van der Waals surface area contributed by atoms with E-state index in [0.717, 1.165) is 25.7 Å². The first-order valence-electron chi connectivity index (χ1n) is 4.44. The molecule has 0 spiro atoms. The van der Waals surface area contributed by atoms with Crippen molar-refractivity contribution in [1.82, 2.24) is 0 Å². The van der Waals surface area contributed by atoms with E-state index < -0.39 is 5.97 Å². The number of carboxylic acid groups (broad SMARTS) is 2. The van der Waals surface area contributed by atoms with Crippen LogP contribution in [0.3, 0.4) is 0 Å². The minimum absolute atomic E-state index is 0.111. The van der Waals surface area contributed by atoms with E-state index in [2.05, 4.69) is 6.92 Å². The predicted molar refractivity (Wildman–Crippen MR) is 49.6 cm³/mol. The molecule has 0 aromatic rings. The number of unbranched alkanes of at least 4 members (excludes halogenated alkanes) is 1.